The molecule has 0 aliphatic rings. The first-order chi connectivity index (χ1) is 25.4. The van der Waals surface area contributed by atoms with Crippen molar-refractivity contribution in [3.8, 4) is 39.1 Å². The maximum Gasteiger partial charge on any atom is 0.111 e. The number of imidazole rings is 1. The van der Waals surface area contributed by atoms with E-state index in [9.17, 15) is 0 Å². The lowest BCUT2D eigenvalue weighted by Gasteiger charge is -2.19. The van der Waals surface area contributed by atoms with Crippen LogP contribution in [0.4, 0.5) is 0 Å². The minimum Gasteiger partial charge on any atom is -0.297 e. The van der Waals surface area contributed by atoms with E-state index < -0.39 is 6.85 Å². The van der Waals surface area contributed by atoms with Gasteiger partial charge in [-0.2, -0.15) is 0 Å². The molecule has 3 heteroatoms. The number of benzene rings is 8. The summed E-state index contributed by atoms with van der Waals surface area (Å²) in [4.78, 5) is 4.53. The van der Waals surface area contributed by atoms with Gasteiger partial charge in [0.05, 0.1) is 11.0 Å². The number of aromatic nitrogens is 2. The normalized spacial score (nSPS) is 12.9. The lowest BCUT2D eigenvalue weighted by atomic mass is 9.84. The van der Waals surface area contributed by atoms with Crippen molar-refractivity contribution >= 4 is 64.1 Å². The van der Waals surface area contributed by atoms with E-state index in [-0.39, 0.29) is 5.82 Å². The molecule has 2 heterocycles. The average molecular weight is 646 g/mol. The fourth-order valence-corrected chi connectivity index (χ4v) is 8.64. The zero-order chi connectivity index (χ0) is 35.0. The van der Waals surface area contributed by atoms with Crippen LogP contribution < -0.4 is 0 Å². The van der Waals surface area contributed by atoms with E-state index in [1.165, 1.54) is 47.6 Å². The van der Waals surface area contributed by atoms with E-state index in [2.05, 4.69) is 132 Å². The van der Waals surface area contributed by atoms with Gasteiger partial charge in [0.25, 0.3) is 0 Å². The van der Waals surface area contributed by atoms with Crippen LogP contribution in [0.1, 0.15) is 9.94 Å². The molecule has 10 rings (SSSR count). The molecule has 49 heavy (non-hydrogen) atoms. The topological polar surface area (TPSA) is 17.8 Å². The van der Waals surface area contributed by atoms with Crippen LogP contribution in [-0.4, -0.2) is 9.55 Å². The Labute approximate surface area is 292 Å². The molecule has 2 nitrogen and oxygen atoms in total. The van der Waals surface area contributed by atoms with Gasteiger partial charge in [0, 0.05) is 30.0 Å². The zero-order valence-electron chi connectivity index (χ0n) is 29.4. The molecule has 0 bridgehead atoms. The summed E-state index contributed by atoms with van der Waals surface area (Å²) in [6.07, 6.45) is 0. The van der Waals surface area contributed by atoms with Crippen LogP contribution >= 0.6 is 11.3 Å². The SMILES string of the molecule is [2H]C([2H])([2H])c1nc2ccccc2n1-c1ccc(-c2c3ccccc3c(-c3ccc4sc5ccccc5c4c3)c3cc(-c4ccccc4)ccc23)cc1. The molecule has 0 saturated carbocycles. The van der Waals surface area contributed by atoms with Gasteiger partial charge in [0.2, 0.25) is 0 Å². The molecular weight excluding hydrogens is 613 g/mol. The van der Waals surface area contributed by atoms with Crippen LogP contribution in [0.2, 0.25) is 0 Å². The smallest absolute Gasteiger partial charge is 0.111 e. The fraction of sp³-hybridized carbons (Fsp3) is 0.0217. The van der Waals surface area contributed by atoms with Gasteiger partial charge in [-0.3, -0.25) is 4.57 Å². The molecule has 0 aliphatic carbocycles. The second-order valence-corrected chi connectivity index (χ2v) is 13.6. The first-order valence-corrected chi connectivity index (χ1v) is 17.3. The van der Waals surface area contributed by atoms with Gasteiger partial charge in [-0.1, -0.05) is 115 Å². The highest BCUT2D eigenvalue weighted by Crippen LogP contribution is 2.46. The van der Waals surface area contributed by atoms with E-state index in [1.807, 2.05) is 47.7 Å². The molecule has 2 aromatic heterocycles. The van der Waals surface area contributed by atoms with Gasteiger partial charge in [0.15, 0.2) is 0 Å². The fourth-order valence-electron chi connectivity index (χ4n) is 7.56. The predicted octanol–water partition coefficient (Wildman–Crippen LogP) is 13.0. The molecule has 10 aromatic rings. The summed E-state index contributed by atoms with van der Waals surface area (Å²) >= 11 is 1.84. The summed E-state index contributed by atoms with van der Waals surface area (Å²) in [6.45, 7) is -2.37. The van der Waals surface area contributed by atoms with Gasteiger partial charge in [-0.25, -0.2) is 4.98 Å². The Hall–Kier alpha value is -6.03. The first kappa shape index (κ1) is 25.0. The number of aryl methyl sites for hydroxylation is 1. The Bertz CT molecular complexity index is 2990. The molecular formula is C46H30N2S. The van der Waals surface area contributed by atoms with Crippen LogP contribution in [0.25, 0.3) is 91.8 Å². The van der Waals surface area contributed by atoms with Crippen LogP contribution in [0.3, 0.4) is 0 Å². The van der Waals surface area contributed by atoms with E-state index >= 15 is 0 Å². The van der Waals surface area contributed by atoms with Crippen LogP contribution in [-0.2, 0) is 0 Å². The standard InChI is InChI=1S/C46H30N2S/c1-29-47-41-16-8-9-17-42(41)48(29)34-23-19-31(20-24-34)45-36-14-5-6-15-37(36)46(40-27-32(21-25-38(40)45)30-11-3-2-4-12-30)33-22-26-44-39(28-33)35-13-7-10-18-43(35)49-44/h2-28H,1H3/i1D3. The summed E-state index contributed by atoms with van der Waals surface area (Å²) < 4.78 is 29.1. The number of para-hydroxylation sites is 2. The molecule has 0 amide bonds. The maximum atomic E-state index is 8.25. The van der Waals surface area contributed by atoms with Gasteiger partial charge >= 0.3 is 0 Å². The minimum absolute atomic E-state index is 0.0607. The third-order valence-corrected chi connectivity index (χ3v) is 10.9. The van der Waals surface area contributed by atoms with Crippen molar-refractivity contribution in [3.63, 3.8) is 0 Å². The Morgan fingerprint density at radius 1 is 0.469 bits per heavy atom. The highest BCUT2D eigenvalue weighted by Gasteiger charge is 2.19. The van der Waals surface area contributed by atoms with E-state index in [1.54, 1.807) is 4.57 Å². The Morgan fingerprint density at radius 2 is 1.08 bits per heavy atom. The number of fused-ring (bicyclic) bond motifs is 6. The van der Waals surface area contributed by atoms with Crippen molar-refractivity contribution in [2.24, 2.45) is 0 Å². The molecule has 0 fully saturated rings. The number of nitrogens with zero attached hydrogens (tertiary/aromatic N) is 2. The number of rotatable bonds is 4. The molecule has 0 unspecified atom stereocenters. The van der Waals surface area contributed by atoms with Crippen LogP contribution in [0.5, 0.6) is 0 Å². The van der Waals surface area contributed by atoms with Crippen molar-refractivity contribution in [3.05, 3.63) is 170 Å². The van der Waals surface area contributed by atoms with Crippen molar-refractivity contribution in [1.82, 2.24) is 9.55 Å². The molecule has 0 aliphatic heterocycles. The quantitative estimate of drug-likeness (QED) is 0.174. The third kappa shape index (κ3) is 4.43. The predicted molar refractivity (Wildman–Crippen MR) is 210 cm³/mol. The number of hydrogen-bond acceptors (Lipinski definition) is 2. The summed E-state index contributed by atoms with van der Waals surface area (Å²) in [7, 11) is 0. The Balaban J connectivity index is 1.23. The summed E-state index contributed by atoms with van der Waals surface area (Å²) in [5.41, 5.74) is 9.14. The molecule has 8 aromatic carbocycles. The second kappa shape index (κ2) is 11.0. The van der Waals surface area contributed by atoms with Gasteiger partial charge in [-0.15, -0.1) is 11.3 Å². The number of thiophene rings is 1. The van der Waals surface area contributed by atoms with Crippen LogP contribution in [0, 0.1) is 6.85 Å². The molecule has 230 valence electrons. The minimum atomic E-state index is -2.37. The molecule has 0 atom stereocenters. The molecule has 0 radical (unpaired) electrons. The Morgan fingerprint density at radius 3 is 1.90 bits per heavy atom. The largest absolute Gasteiger partial charge is 0.297 e. The summed E-state index contributed by atoms with van der Waals surface area (Å²) in [5.74, 6) is 0.0607. The third-order valence-electron chi connectivity index (χ3n) is 9.77. The lowest BCUT2D eigenvalue weighted by molar-refractivity contribution is 1.00. The van der Waals surface area contributed by atoms with Crippen molar-refractivity contribution < 1.29 is 4.11 Å². The second-order valence-electron chi connectivity index (χ2n) is 12.5. The average Bonchev–Trinajstić information content (AvgIpc) is 3.76. The molecule has 0 N–H and O–H groups in total. The van der Waals surface area contributed by atoms with Gasteiger partial charge in [0.1, 0.15) is 5.82 Å². The van der Waals surface area contributed by atoms with Crippen molar-refractivity contribution in [2.75, 3.05) is 0 Å². The maximum absolute atomic E-state index is 8.25. The highest BCUT2D eigenvalue weighted by molar-refractivity contribution is 7.25. The van der Waals surface area contributed by atoms with Crippen LogP contribution in [0.15, 0.2) is 164 Å². The van der Waals surface area contributed by atoms with Gasteiger partial charge < -0.3 is 0 Å². The van der Waals surface area contributed by atoms with E-state index in [0.717, 1.165) is 38.7 Å². The summed E-state index contributed by atoms with van der Waals surface area (Å²) in [6, 6.07) is 57.5. The van der Waals surface area contributed by atoms with E-state index in [0.29, 0.717) is 5.52 Å². The molecule has 0 spiro atoms. The lowest BCUT2D eigenvalue weighted by Crippen LogP contribution is -1.97. The van der Waals surface area contributed by atoms with Gasteiger partial charge in [-0.05, 0) is 110 Å². The molecule has 0 saturated heterocycles. The highest BCUT2D eigenvalue weighted by atomic mass is 32.1. The monoisotopic (exact) mass is 645 g/mol. The van der Waals surface area contributed by atoms with Crippen molar-refractivity contribution in [2.45, 2.75) is 6.85 Å². The zero-order valence-corrected chi connectivity index (χ0v) is 27.2. The summed E-state index contributed by atoms with van der Waals surface area (Å²) in [5, 5.41) is 7.25. The first-order valence-electron chi connectivity index (χ1n) is 18.0. The van der Waals surface area contributed by atoms with E-state index in [4.69, 9.17) is 4.11 Å². The number of hydrogen-bond donors (Lipinski definition) is 0. The van der Waals surface area contributed by atoms with Crippen molar-refractivity contribution in [1.29, 1.82) is 0 Å². The Kier molecular flexibility index (Phi) is 5.63.